The Kier molecular flexibility index (Phi) is 4.70. The highest BCUT2D eigenvalue weighted by atomic mass is 14.8. The van der Waals surface area contributed by atoms with E-state index in [1.165, 1.54) is 55.6 Å². The smallest absolute Gasteiger partial charge is 0.0863 e. The summed E-state index contributed by atoms with van der Waals surface area (Å²) in [6.45, 7) is 4.65. The third kappa shape index (κ3) is 3.43. The van der Waals surface area contributed by atoms with Gasteiger partial charge >= 0.3 is 0 Å². The van der Waals surface area contributed by atoms with E-state index in [2.05, 4.69) is 135 Å². The van der Waals surface area contributed by atoms with Crippen molar-refractivity contribution in [2.75, 3.05) is 0 Å². The maximum Gasteiger partial charge on any atom is 0.0863 e. The fraction of sp³-hybridized carbons (Fsp3) is 0.111. The van der Waals surface area contributed by atoms with Crippen LogP contribution in [0.2, 0.25) is 0 Å². The number of rotatable bonds is 4. The lowest BCUT2D eigenvalue weighted by atomic mass is 9.82. The molecule has 0 bridgehead atoms. The largest absolute Gasteiger partial charge is 0.314 e. The van der Waals surface area contributed by atoms with Crippen LogP contribution < -0.4 is 5.73 Å². The van der Waals surface area contributed by atoms with Crippen LogP contribution in [-0.2, 0) is 11.0 Å². The van der Waals surface area contributed by atoms with E-state index in [1.807, 2.05) is 6.07 Å². The molecule has 2 aliphatic rings. The molecule has 2 N–H and O–H groups in total. The molecule has 0 heterocycles. The van der Waals surface area contributed by atoms with E-state index in [0.717, 1.165) is 5.56 Å². The van der Waals surface area contributed by atoms with Crippen molar-refractivity contribution in [1.82, 2.24) is 0 Å². The summed E-state index contributed by atoms with van der Waals surface area (Å²) in [5, 5.41) is 0. The molecule has 1 unspecified atom stereocenters. The summed E-state index contributed by atoms with van der Waals surface area (Å²) in [4.78, 5) is 0. The fourth-order valence-corrected chi connectivity index (χ4v) is 6.08. The third-order valence-electron chi connectivity index (χ3n) is 8.29. The minimum atomic E-state index is -0.480. The minimum Gasteiger partial charge on any atom is -0.314 e. The molecule has 0 fully saturated rings. The molecule has 0 saturated heterocycles. The molecular weight excluding hydrogens is 446 g/mol. The van der Waals surface area contributed by atoms with Gasteiger partial charge in [-0.25, -0.2) is 0 Å². The van der Waals surface area contributed by atoms with Crippen molar-refractivity contribution in [2.24, 2.45) is 5.73 Å². The zero-order valence-corrected chi connectivity index (χ0v) is 21.2. The Morgan fingerprint density at radius 2 is 1.08 bits per heavy atom. The maximum atomic E-state index is 6.80. The van der Waals surface area contributed by atoms with Crippen LogP contribution in [0.5, 0.6) is 0 Å². The predicted octanol–water partition coefficient (Wildman–Crippen LogP) is 8.58. The van der Waals surface area contributed by atoms with Gasteiger partial charge in [-0.05, 0) is 79.4 Å². The van der Waals surface area contributed by atoms with E-state index in [9.17, 15) is 0 Å². The fourth-order valence-electron chi connectivity index (χ4n) is 6.08. The number of hydrogen-bond donors (Lipinski definition) is 1. The molecule has 178 valence electrons. The number of fused-ring (bicyclic) bond motifs is 3. The van der Waals surface area contributed by atoms with Crippen molar-refractivity contribution in [3.63, 3.8) is 0 Å². The van der Waals surface area contributed by atoms with E-state index < -0.39 is 5.54 Å². The first kappa shape index (κ1) is 22.0. The summed E-state index contributed by atoms with van der Waals surface area (Å²) in [6.07, 6.45) is 2.16. The van der Waals surface area contributed by atoms with E-state index >= 15 is 0 Å². The zero-order chi connectivity index (χ0) is 25.2. The molecule has 0 saturated carbocycles. The van der Waals surface area contributed by atoms with Gasteiger partial charge in [-0.15, -0.1) is 0 Å². The second kappa shape index (κ2) is 7.90. The average molecular weight is 476 g/mol. The van der Waals surface area contributed by atoms with Crippen LogP contribution in [0.1, 0.15) is 36.1 Å². The van der Waals surface area contributed by atoms with Crippen LogP contribution in [0.15, 0.2) is 127 Å². The number of benzene rings is 5. The SMILES string of the molecule is CC1(C)c2ccccc2-c2cc(-c3ccc(-c4cccc(C5(N)C=C5c5ccccc5)c4)cc3)ccc21. The van der Waals surface area contributed by atoms with Crippen molar-refractivity contribution in [3.8, 4) is 33.4 Å². The standard InChI is InChI=1S/C36H29N/c1-35(2)32-14-7-6-13-30(32)31-22-28(19-20-33(31)35)25-17-15-24(16-18-25)27-11-8-12-29(21-27)36(37)23-34(36)26-9-4-3-5-10-26/h3-23H,37H2,1-2H3. The normalized spacial score (nSPS) is 18.6. The lowest BCUT2D eigenvalue weighted by Crippen LogP contribution is -2.23. The van der Waals surface area contributed by atoms with E-state index in [4.69, 9.17) is 5.73 Å². The molecule has 5 aromatic carbocycles. The summed E-state index contributed by atoms with van der Waals surface area (Å²) in [5.41, 5.74) is 20.3. The van der Waals surface area contributed by atoms with Crippen LogP contribution in [0.25, 0.3) is 39.0 Å². The summed E-state index contributed by atoms with van der Waals surface area (Å²) in [6, 6.07) is 43.7. The lowest BCUT2D eigenvalue weighted by molar-refractivity contribution is 0.660. The van der Waals surface area contributed by atoms with Crippen molar-refractivity contribution >= 4 is 5.57 Å². The van der Waals surface area contributed by atoms with Gasteiger partial charge < -0.3 is 5.73 Å². The molecule has 0 spiro atoms. The number of hydrogen-bond acceptors (Lipinski definition) is 1. The molecule has 7 rings (SSSR count). The van der Waals surface area contributed by atoms with E-state index in [-0.39, 0.29) is 5.41 Å². The lowest BCUT2D eigenvalue weighted by Gasteiger charge is -2.21. The van der Waals surface area contributed by atoms with Crippen LogP contribution in [0.3, 0.4) is 0 Å². The van der Waals surface area contributed by atoms with Crippen LogP contribution in [0, 0.1) is 0 Å². The van der Waals surface area contributed by atoms with Gasteiger partial charge in [0.25, 0.3) is 0 Å². The van der Waals surface area contributed by atoms with Crippen LogP contribution in [-0.4, -0.2) is 0 Å². The van der Waals surface area contributed by atoms with Crippen LogP contribution >= 0.6 is 0 Å². The second-order valence-electron chi connectivity index (χ2n) is 10.9. The van der Waals surface area contributed by atoms with Gasteiger partial charge in [-0.1, -0.05) is 123 Å². The van der Waals surface area contributed by atoms with Crippen LogP contribution in [0.4, 0.5) is 0 Å². The Morgan fingerprint density at radius 3 is 1.84 bits per heavy atom. The van der Waals surface area contributed by atoms with Crippen molar-refractivity contribution in [2.45, 2.75) is 24.8 Å². The first-order valence-electron chi connectivity index (χ1n) is 13.0. The Labute approximate surface area is 218 Å². The molecular formula is C36H29N. The van der Waals surface area contributed by atoms with Gasteiger partial charge in [0.1, 0.15) is 0 Å². The Balaban J connectivity index is 1.18. The minimum absolute atomic E-state index is 0.0382. The molecule has 1 atom stereocenters. The van der Waals surface area contributed by atoms with E-state index in [1.54, 1.807) is 0 Å². The Bertz CT molecular complexity index is 1690. The quantitative estimate of drug-likeness (QED) is 0.277. The molecule has 1 nitrogen and oxygen atoms in total. The number of nitrogens with two attached hydrogens (primary N) is 1. The van der Waals surface area contributed by atoms with Crippen molar-refractivity contribution in [1.29, 1.82) is 0 Å². The first-order valence-corrected chi connectivity index (χ1v) is 13.0. The Morgan fingerprint density at radius 1 is 0.486 bits per heavy atom. The summed E-state index contributed by atoms with van der Waals surface area (Å²) in [7, 11) is 0. The topological polar surface area (TPSA) is 26.0 Å². The van der Waals surface area contributed by atoms with Gasteiger partial charge in [0.05, 0.1) is 5.54 Å². The van der Waals surface area contributed by atoms with E-state index in [0.29, 0.717) is 0 Å². The molecule has 0 radical (unpaired) electrons. The van der Waals surface area contributed by atoms with Gasteiger partial charge in [0, 0.05) is 5.41 Å². The van der Waals surface area contributed by atoms with Gasteiger partial charge in [0.15, 0.2) is 0 Å². The molecule has 0 aliphatic heterocycles. The molecule has 0 aromatic heterocycles. The third-order valence-corrected chi connectivity index (χ3v) is 8.29. The predicted molar refractivity (Wildman–Crippen MR) is 155 cm³/mol. The highest BCUT2D eigenvalue weighted by molar-refractivity contribution is 5.91. The maximum absolute atomic E-state index is 6.80. The zero-order valence-electron chi connectivity index (χ0n) is 21.2. The van der Waals surface area contributed by atoms with Gasteiger partial charge in [-0.2, -0.15) is 0 Å². The molecule has 5 aromatic rings. The summed E-state index contributed by atoms with van der Waals surface area (Å²) in [5.74, 6) is 0. The highest BCUT2D eigenvalue weighted by Crippen LogP contribution is 2.50. The summed E-state index contributed by atoms with van der Waals surface area (Å²) < 4.78 is 0. The average Bonchev–Trinajstić information content (AvgIpc) is 3.60. The highest BCUT2D eigenvalue weighted by Gasteiger charge is 2.42. The van der Waals surface area contributed by atoms with Gasteiger partial charge in [0.2, 0.25) is 0 Å². The molecule has 0 amide bonds. The van der Waals surface area contributed by atoms with Gasteiger partial charge in [-0.3, -0.25) is 0 Å². The molecule has 1 heteroatoms. The molecule has 2 aliphatic carbocycles. The van der Waals surface area contributed by atoms with Crippen molar-refractivity contribution < 1.29 is 0 Å². The summed E-state index contributed by atoms with van der Waals surface area (Å²) >= 11 is 0. The first-order chi connectivity index (χ1) is 17.9. The second-order valence-corrected chi connectivity index (χ2v) is 10.9. The molecule has 37 heavy (non-hydrogen) atoms. The van der Waals surface area contributed by atoms with Crippen molar-refractivity contribution in [3.05, 3.63) is 150 Å². The monoisotopic (exact) mass is 475 g/mol. The Hall–Kier alpha value is -4.20.